The molecule has 4 heteroatoms. The first kappa shape index (κ1) is 19.3. The highest BCUT2D eigenvalue weighted by Crippen LogP contribution is 2.42. The molecule has 3 atom stereocenters. The Bertz CT molecular complexity index is 721. The molecular formula is C22H29NO2S. The summed E-state index contributed by atoms with van der Waals surface area (Å²) in [6, 6.07) is 17.1. The van der Waals surface area contributed by atoms with E-state index in [2.05, 4.69) is 54.7 Å². The van der Waals surface area contributed by atoms with E-state index in [0.717, 1.165) is 30.8 Å². The average molecular weight is 372 g/mol. The SMILES string of the molecule is CC[C@@H](O)C[C@@]1(CC)CSc2cc(OC)ccc2[C@H](c2ccccc2)N1. The molecule has 1 aliphatic heterocycles. The van der Waals surface area contributed by atoms with Crippen molar-refractivity contribution in [1.29, 1.82) is 0 Å². The molecule has 1 aliphatic rings. The maximum Gasteiger partial charge on any atom is 0.119 e. The molecule has 0 aliphatic carbocycles. The van der Waals surface area contributed by atoms with Crippen molar-refractivity contribution in [2.24, 2.45) is 0 Å². The van der Waals surface area contributed by atoms with E-state index in [1.807, 2.05) is 24.8 Å². The number of rotatable bonds is 6. The van der Waals surface area contributed by atoms with Crippen LogP contribution < -0.4 is 10.1 Å². The van der Waals surface area contributed by atoms with Crippen molar-refractivity contribution in [2.75, 3.05) is 12.9 Å². The van der Waals surface area contributed by atoms with Gasteiger partial charge in [-0.15, -0.1) is 11.8 Å². The van der Waals surface area contributed by atoms with Gasteiger partial charge in [-0.1, -0.05) is 50.2 Å². The lowest BCUT2D eigenvalue weighted by Gasteiger charge is -2.37. The highest BCUT2D eigenvalue weighted by atomic mass is 32.2. The Morgan fingerprint density at radius 1 is 1.23 bits per heavy atom. The minimum absolute atomic E-state index is 0.104. The van der Waals surface area contributed by atoms with E-state index in [0.29, 0.717) is 0 Å². The second-order valence-electron chi connectivity index (χ2n) is 7.08. The molecule has 3 rings (SSSR count). The topological polar surface area (TPSA) is 41.5 Å². The van der Waals surface area contributed by atoms with Crippen LogP contribution in [-0.4, -0.2) is 29.6 Å². The van der Waals surface area contributed by atoms with E-state index in [4.69, 9.17) is 4.74 Å². The van der Waals surface area contributed by atoms with Gasteiger partial charge < -0.3 is 9.84 Å². The molecule has 2 aromatic rings. The quantitative estimate of drug-likeness (QED) is 0.766. The van der Waals surface area contributed by atoms with Crippen LogP contribution in [0.15, 0.2) is 53.4 Å². The van der Waals surface area contributed by atoms with Crippen LogP contribution in [-0.2, 0) is 0 Å². The number of methoxy groups -OCH3 is 1. The summed E-state index contributed by atoms with van der Waals surface area (Å²) in [5.74, 6) is 1.82. The van der Waals surface area contributed by atoms with Gasteiger partial charge in [-0.3, -0.25) is 5.32 Å². The van der Waals surface area contributed by atoms with Gasteiger partial charge in [0, 0.05) is 16.2 Å². The molecule has 0 aromatic heterocycles. The molecule has 2 N–H and O–H groups in total. The third kappa shape index (κ3) is 4.08. The predicted octanol–water partition coefficient (Wildman–Crippen LogP) is 4.79. The first-order chi connectivity index (χ1) is 12.6. The Morgan fingerprint density at radius 2 is 2.00 bits per heavy atom. The van der Waals surface area contributed by atoms with Crippen LogP contribution in [0.25, 0.3) is 0 Å². The fourth-order valence-electron chi connectivity index (χ4n) is 3.62. The summed E-state index contributed by atoms with van der Waals surface area (Å²) in [5.41, 5.74) is 2.43. The molecule has 140 valence electrons. The van der Waals surface area contributed by atoms with Gasteiger partial charge in [-0.2, -0.15) is 0 Å². The molecule has 2 aromatic carbocycles. The van der Waals surface area contributed by atoms with Crippen molar-refractivity contribution >= 4 is 11.8 Å². The van der Waals surface area contributed by atoms with Gasteiger partial charge in [0.1, 0.15) is 5.75 Å². The Balaban J connectivity index is 2.05. The number of ether oxygens (including phenoxy) is 1. The van der Waals surface area contributed by atoms with Crippen molar-refractivity contribution < 1.29 is 9.84 Å². The van der Waals surface area contributed by atoms with Gasteiger partial charge >= 0.3 is 0 Å². The smallest absolute Gasteiger partial charge is 0.119 e. The molecule has 0 amide bonds. The number of hydrogen-bond acceptors (Lipinski definition) is 4. The molecule has 1 heterocycles. The van der Waals surface area contributed by atoms with E-state index < -0.39 is 0 Å². The third-order valence-corrected chi connectivity index (χ3v) is 6.75. The minimum atomic E-state index is -0.282. The van der Waals surface area contributed by atoms with Crippen LogP contribution >= 0.6 is 11.8 Å². The molecule has 0 saturated carbocycles. The summed E-state index contributed by atoms with van der Waals surface area (Å²) < 4.78 is 5.45. The minimum Gasteiger partial charge on any atom is -0.497 e. The van der Waals surface area contributed by atoms with Crippen LogP contribution in [0.5, 0.6) is 5.75 Å². The highest BCUT2D eigenvalue weighted by molar-refractivity contribution is 7.99. The van der Waals surface area contributed by atoms with E-state index in [1.165, 1.54) is 16.0 Å². The summed E-state index contributed by atoms with van der Waals surface area (Å²) in [6.45, 7) is 4.26. The summed E-state index contributed by atoms with van der Waals surface area (Å²) >= 11 is 1.87. The van der Waals surface area contributed by atoms with Gasteiger partial charge in [0.15, 0.2) is 0 Å². The molecule has 0 spiro atoms. The monoisotopic (exact) mass is 371 g/mol. The molecule has 0 fully saturated rings. The first-order valence-corrected chi connectivity index (χ1v) is 10.4. The van der Waals surface area contributed by atoms with Crippen LogP contribution in [0.4, 0.5) is 0 Å². The third-order valence-electron chi connectivity index (χ3n) is 5.39. The zero-order valence-corrected chi connectivity index (χ0v) is 16.7. The summed E-state index contributed by atoms with van der Waals surface area (Å²) in [5, 5.41) is 14.3. The van der Waals surface area contributed by atoms with Gasteiger partial charge in [0.2, 0.25) is 0 Å². The number of benzene rings is 2. The first-order valence-electron chi connectivity index (χ1n) is 9.42. The summed E-state index contributed by atoms with van der Waals surface area (Å²) in [7, 11) is 1.71. The van der Waals surface area contributed by atoms with E-state index in [9.17, 15) is 5.11 Å². The number of thioether (sulfide) groups is 1. The number of aliphatic hydroxyl groups excluding tert-OH is 1. The number of aliphatic hydroxyl groups is 1. The van der Waals surface area contributed by atoms with Crippen LogP contribution in [0.2, 0.25) is 0 Å². The maximum absolute atomic E-state index is 10.4. The van der Waals surface area contributed by atoms with Crippen LogP contribution in [0, 0.1) is 0 Å². The molecule has 26 heavy (non-hydrogen) atoms. The second kappa shape index (κ2) is 8.47. The van der Waals surface area contributed by atoms with E-state index in [1.54, 1.807) is 7.11 Å². The largest absolute Gasteiger partial charge is 0.497 e. The Morgan fingerprint density at radius 3 is 2.65 bits per heavy atom. The molecule has 0 bridgehead atoms. The molecule has 0 radical (unpaired) electrons. The predicted molar refractivity (Wildman–Crippen MR) is 109 cm³/mol. The van der Waals surface area contributed by atoms with E-state index in [-0.39, 0.29) is 17.7 Å². The lowest BCUT2D eigenvalue weighted by Crippen LogP contribution is -2.50. The zero-order chi connectivity index (χ0) is 18.6. The van der Waals surface area contributed by atoms with Crippen molar-refractivity contribution in [1.82, 2.24) is 5.32 Å². The number of fused-ring (bicyclic) bond motifs is 1. The summed E-state index contributed by atoms with van der Waals surface area (Å²) in [6.07, 6.45) is 2.24. The fraction of sp³-hybridized carbons (Fsp3) is 0.455. The lowest BCUT2D eigenvalue weighted by molar-refractivity contribution is 0.116. The maximum atomic E-state index is 10.4. The number of nitrogens with one attached hydrogen (secondary N) is 1. The molecule has 3 nitrogen and oxygen atoms in total. The van der Waals surface area contributed by atoms with Gasteiger partial charge in [-0.05, 0) is 42.5 Å². The second-order valence-corrected chi connectivity index (χ2v) is 8.10. The average Bonchev–Trinajstić information content (AvgIpc) is 2.86. The van der Waals surface area contributed by atoms with E-state index >= 15 is 0 Å². The lowest BCUT2D eigenvalue weighted by atomic mass is 9.87. The van der Waals surface area contributed by atoms with Crippen molar-refractivity contribution in [3.8, 4) is 5.75 Å². The van der Waals surface area contributed by atoms with Gasteiger partial charge in [0.05, 0.1) is 19.3 Å². The van der Waals surface area contributed by atoms with Gasteiger partial charge in [0.25, 0.3) is 0 Å². The van der Waals surface area contributed by atoms with Crippen molar-refractivity contribution in [3.63, 3.8) is 0 Å². The Labute approximate surface area is 161 Å². The Kier molecular flexibility index (Phi) is 6.28. The van der Waals surface area contributed by atoms with Crippen molar-refractivity contribution in [2.45, 2.75) is 55.7 Å². The van der Waals surface area contributed by atoms with Crippen LogP contribution in [0.3, 0.4) is 0 Å². The number of hydrogen-bond donors (Lipinski definition) is 2. The van der Waals surface area contributed by atoms with Crippen molar-refractivity contribution in [3.05, 3.63) is 59.7 Å². The fourth-order valence-corrected chi connectivity index (χ4v) is 5.01. The standard InChI is InChI=1S/C22H29NO2S/c1-4-17(24)14-22(5-2)15-26-20-13-18(25-3)11-12-19(20)21(23-22)16-9-7-6-8-10-16/h6-13,17,21,23-24H,4-5,14-15H2,1-3H3/t17-,21+,22+/m1/s1. The zero-order valence-electron chi connectivity index (χ0n) is 15.9. The molecule has 0 unspecified atom stereocenters. The molecule has 0 saturated heterocycles. The molecular weight excluding hydrogens is 342 g/mol. The highest BCUT2D eigenvalue weighted by Gasteiger charge is 2.37. The normalized spacial score (nSPS) is 23.8. The van der Waals surface area contributed by atoms with Crippen LogP contribution in [0.1, 0.15) is 50.3 Å². The van der Waals surface area contributed by atoms with Gasteiger partial charge in [-0.25, -0.2) is 0 Å². The summed E-state index contributed by atoms with van der Waals surface area (Å²) in [4.78, 5) is 1.26. The Hall–Kier alpha value is -1.49.